The molecule has 2 N–H and O–H groups in total. The number of hydrogen-bond donors (Lipinski definition) is 1. The van der Waals surface area contributed by atoms with Gasteiger partial charge in [0.2, 0.25) is 0 Å². The first kappa shape index (κ1) is 14.3. The van der Waals surface area contributed by atoms with Crippen LogP contribution in [0.2, 0.25) is 0 Å². The number of nitrogens with zero attached hydrogens (tertiary/aromatic N) is 1. The second-order valence-electron chi connectivity index (χ2n) is 7.63. The fourth-order valence-corrected chi connectivity index (χ4v) is 4.65. The maximum atomic E-state index is 5.99. The molecule has 2 saturated carbocycles. The molecule has 0 radical (unpaired) electrons. The Morgan fingerprint density at radius 3 is 2.33 bits per heavy atom. The Hall–Kier alpha value is -0.0800. The molecule has 0 amide bonds. The van der Waals surface area contributed by atoms with E-state index in [4.69, 9.17) is 5.73 Å². The van der Waals surface area contributed by atoms with E-state index in [2.05, 4.69) is 32.7 Å². The van der Waals surface area contributed by atoms with Crippen molar-refractivity contribution >= 4 is 0 Å². The lowest BCUT2D eigenvalue weighted by molar-refractivity contribution is 0.0750. The quantitative estimate of drug-likeness (QED) is 0.835. The summed E-state index contributed by atoms with van der Waals surface area (Å²) in [7, 11) is 2.36. The molecule has 0 saturated heterocycles. The summed E-state index contributed by atoms with van der Waals surface area (Å²) in [5, 5.41) is 0. The van der Waals surface area contributed by atoms with Gasteiger partial charge in [-0.15, -0.1) is 0 Å². The molecule has 4 unspecified atom stereocenters. The van der Waals surface area contributed by atoms with Crippen LogP contribution in [0.3, 0.4) is 0 Å². The van der Waals surface area contributed by atoms with Crippen molar-refractivity contribution in [3.63, 3.8) is 0 Å². The van der Waals surface area contributed by atoms with Gasteiger partial charge in [-0.05, 0) is 56.5 Å². The normalized spacial score (nSPS) is 40.3. The monoisotopic (exact) mass is 252 g/mol. The van der Waals surface area contributed by atoms with Crippen molar-refractivity contribution < 1.29 is 0 Å². The Morgan fingerprint density at radius 1 is 1.11 bits per heavy atom. The first-order valence-electron chi connectivity index (χ1n) is 7.86. The molecule has 2 aliphatic rings. The summed E-state index contributed by atoms with van der Waals surface area (Å²) in [5.41, 5.74) is 6.52. The van der Waals surface area contributed by atoms with E-state index in [0.717, 1.165) is 30.5 Å². The molecule has 0 heterocycles. The number of rotatable bonds is 3. The summed E-state index contributed by atoms with van der Waals surface area (Å²) in [4.78, 5) is 2.70. The highest BCUT2D eigenvalue weighted by atomic mass is 15.2. The molecule has 106 valence electrons. The van der Waals surface area contributed by atoms with Crippen molar-refractivity contribution in [1.82, 2.24) is 4.90 Å². The van der Waals surface area contributed by atoms with Crippen LogP contribution in [0.4, 0.5) is 0 Å². The summed E-state index contributed by atoms with van der Waals surface area (Å²) < 4.78 is 0. The van der Waals surface area contributed by atoms with Gasteiger partial charge in [0.15, 0.2) is 0 Å². The summed E-state index contributed by atoms with van der Waals surface area (Å²) in [6, 6.07) is 1.52. The number of hydrogen-bond acceptors (Lipinski definition) is 2. The fourth-order valence-electron chi connectivity index (χ4n) is 4.65. The highest BCUT2D eigenvalue weighted by molar-refractivity contribution is 4.95. The molecule has 4 atom stereocenters. The first-order valence-corrected chi connectivity index (χ1v) is 7.86. The maximum absolute atomic E-state index is 5.99. The lowest BCUT2D eigenvalue weighted by Gasteiger charge is -2.42. The topological polar surface area (TPSA) is 29.3 Å². The van der Waals surface area contributed by atoms with Gasteiger partial charge >= 0.3 is 0 Å². The van der Waals surface area contributed by atoms with Gasteiger partial charge in [0, 0.05) is 12.1 Å². The van der Waals surface area contributed by atoms with E-state index in [-0.39, 0.29) is 0 Å². The summed E-state index contributed by atoms with van der Waals surface area (Å²) in [6.45, 7) is 8.17. The largest absolute Gasteiger partial charge is 0.330 e. The molecule has 2 aliphatic carbocycles. The van der Waals surface area contributed by atoms with Gasteiger partial charge in [0.25, 0.3) is 0 Å². The standard InChI is InChI=1S/C16H32N2/c1-12-9-16(2,3)10-15(12)18(4)14-8-6-5-7-13(14)11-17/h12-15H,5-11,17H2,1-4H3. The zero-order valence-corrected chi connectivity index (χ0v) is 12.8. The van der Waals surface area contributed by atoms with E-state index in [0.29, 0.717) is 5.41 Å². The second kappa shape index (κ2) is 5.50. The molecule has 18 heavy (non-hydrogen) atoms. The lowest BCUT2D eigenvalue weighted by atomic mass is 9.82. The molecule has 0 aromatic rings. The van der Waals surface area contributed by atoms with E-state index in [9.17, 15) is 0 Å². The Balaban J connectivity index is 2.03. The van der Waals surface area contributed by atoms with Crippen molar-refractivity contribution in [2.24, 2.45) is 23.0 Å². The lowest BCUT2D eigenvalue weighted by Crippen LogP contribution is -2.48. The van der Waals surface area contributed by atoms with Crippen LogP contribution in [0.15, 0.2) is 0 Å². The molecule has 0 aromatic heterocycles. The summed E-state index contributed by atoms with van der Waals surface area (Å²) in [5.74, 6) is 1.57. The SMILES string of the molecule is CC1CC(C)(C)CC1N(C)C1CCCCC1CN. The van der Waals surface area contributed by atoms with Crippen molar-refractivity contribution in [2.75, 3.05) is 13.6 Å². The van der Waals surface area contributed by atoms with Crippen molar-refractivity contribution in [2.45, 2.75) is 71.4 Å². The van der Waals surface area contributed by atoms with Crippen LogP contribution in [-0.2, 0) is 0 Å². The maximum Gasteiger partial charge on any atom is 0.0136 e. The van der Waals surface area contributed by atoms with Crippen LogP contribution in [0.25, 0.3) is 0 Å². The average Bonchev–Trinajstić information content (AvgIpc) is 2.62. The second-order valence-corrected chi connectivity index (χ2v) is 7.63. The Bertz CT molecular complexity index is 272. The Kier molecular flexibility index (Phi) is 4.38. The van der Waals surface area contributed by atoms with Crippen molar-refractivity contribution in [1.29, 1.82) is 0 Å². The Morgan fingerprint density at radius 2 is 1.78 bits per heavy atom. The van der Waals surface area contributed by atoms with Crippen molar-refractivity contribution in [3.8, 4) is 0 Å². The molecule has 2 fully saturated rings. The minimum Gasteiger partial charge on any atom is -0.330 e. The molecule has 2 nitrogen and oxygen atoms in total. The van der Waals surface area contributed by atoms with Crippen molar-refractivity contribution in [3.05, 3.63) is 0 Å². The van der Waals surface area contributed by atoms with E-state index in [1.165, 1.54) is 38.5 Å². The van der Waals surface area contributed by atoms with Gasteiger partial charge in [-0.2, -0.15) is 0 Å². The van der Waals surface area contributed by atoms with Gasteiger partial charge in [-0.1, -0.05) is 33.6 Å². The highest BCUT2D eigenvalue weighted by Gasteiger charge is 2.41. The number of nitrogens with two attached hydrogens (primary N) is 1. The van der Waals surface area contributed by atoms with Gasteiger partial charge < -0.3 is 5.73 Å². The third kappa shape index (κ3) is 2.91. The van der Waals surface area contributed by atoms with Crippen LogP contribution < -0.4 is 5.73 Å². The predicted octanol–water partition coefficient (Wildman–Crippen LogP) is 3.26. The van der Waals surface area contributed by atoms with Crippen LogP contribution >= 0.6 is 0 Å². The molecule has 0 bridgehead atoms. The first-order chi connectivity index (χ1) is 8.44. The van der Waals surface area contributed by atoms with Gasteiger partial charge in [0.05, 0.1) is 0 Å². The molecule has 2 rings (SSSR count). The molecule has 2 heteroatoms. The van der Waals surface area contributed by atoms with Gasteiger partial charge in [0.1, 0.15) is 0 Å². The minimum absolute atomic E-state index is 0.533. The highest BCUT2D eigenvalue weighted by Crippen LogP contribution is 2.44. The third-order valence-corrected chi connectivity index (χ3v) is 5.51. The summed E-state index contributed by atoms with van der Waals surface area (Å²) in [6.07, 6.45) is 8.23. The molecule has 0 spiro atoms. The van der Waals surface area contributed by atoms with Gasteiger partial charge in [-0.3, -0.25) is 4.90 Å². The zero-order chi connectivity index (χ0) is 13.3. The van der Waals surface area contributed by atoms with E-state index in [1.807, 2.05) is 0 Å². The molecular formula is C16H32N2. The van der Waals surface area contributed by atoms with Crippen LogP contribution in [0.1, 0.15) is 59.3 Å². The van der Waals surface area contributed by atoms with Crippen LogP contribution in [0.5, 0.6) is 0 Å². The molecule has 0 aliphatic heterocycles. The Labute approximate surface area is 113 Å². The molecular weight excluding hydrogens is 220 g/mol. The smallest absolute Gasteiger partial charge is 0.0136 e. The van der Waals surface area contributed by atoms with Gasteiger partial charge in [-0.25, -0.2) is 0 Å². The minimum atomic E-state index is 0.533. The average molecular weight is 252 g/mol. The van der Waals surface area contributed by atoms with E-state index >= 15 is 0 Å². The van der Waals surface area contributed by atoms with Crippen LogP contribution in [-0.4, -0.2) is 30.6 Å². The molecule has 0 aromatic carbocycles. The predicted molar refractivity (Wildman–Crippen MR) is 78.5 cm³/mol. The fraction of sp³-hybridized carbons (Fsp3) is 1.00. The van der Waals surface area contributed by atoms with E-state index in [1.54, 1.807) is 0 Å². The van der Waals surface area contributed by atoms with Crippen LogP contribution in [0, 0.1) is 17.3 Å². The zero-order valence-electron chi connectivity index (χ0n) is 12.8. The van der Waals surface area contributed by atoms with E-state index < -0.39 is 0 Å². The third-order valence-electron chi connectivity index (χ3n) is 5.51. The summed E-state index contributed by atoms with van der Waals surface area (Å²) >= 11 is 0.